The molecule has 6 nitrogen and oxygen atoms in total. The van der Waals surface area contributed by atoms with Crippen molar-refractivity contribution in [2.24, 2.45) is 5.14 Å². The van der Waals surface area contributed by atoms with Crippen LogP contribution in [0.15, 0.2) is 65.6 Å². The number of carbonyl (C=O) groups is 1. The van der Waals surface area contributed by atoms with Gasteiger partial charge in [0.1, 0.15) is 12.5 Å². The van der Waals surface area contributed by atoms with Crippen molar-refractivity contribution in [2.45, 2.75) is 18.0 Å². The molecule has 0 aliphatic carbocycles. The Balaban J connectivity index is 1.91. The van der Waals surface area contributed by atoms with Crippen LogP contribution in [0.1, 0.15) is 21.5 Å². The first-order valence-corrected chi connectivity index (χ1v) is 11.1. The fraction of sp³-hybridized carbons (Fsp3) is 0.136. The summed E-state index contributed by atoms with van der Waals surface area (Å²) in [6.07, 6.45) is -4.64. The van der Waals surface area contributed by atoms with Crippen LogP contribution in [0.25, 0.3) is 0 Å². The molecule has 2 N–H and O–H groups in total. The van der Waals surface area contributed by atoms with Crippen molar-refractivity contribution in [3.8, 4) is 0 Å². The highest BCUT2D eigenvalue weighted by Gasteiger charge is 2.36. The Labute approximate surface area is 186 Å². The Morgan fingerprint density at radius 2 is 1.67 bits per heavy atom. The van der Waals surface area contributed by atoms with Crippen molar-refractivity contribution < 1.29 is 30.8 Å². The lowest BCUT2D eigenvalue weighted by atomic mass is 10.0. The first-order chi connectivity index (χ1) is 15.4. The van der Waals surface area contributed by atoms with Crippen molar-refractivity contribution in [1.29, 1.82) is 0 Å². The smallest absolute Gasteiger partial charge is 0.322 e. The summed E-state index contributed by atoms with van der Waals surface area (Å²) in [7, 11) is -4.06. The van der Waals surface area contributed by atoms with E-state index >= 15 is 0 Å². The van der Waals surface area contributed by atoms with Crippen molar-refractivity contribution >= 4 is 33.0 Å². The molecule has 1 heterocycles. The third-order valence-corrected chi connectivity index (χ3v) is 6.19. The van der Waals surface area contributed by atoms with Crippen LogP contribution < -0.4 is 14.9 Å². The number of nitrogens with two attached hydrogens (primary N) is 1. The van der Waals surface area contributed by atoms with Gasteiger partial charge in [0.15, 0.2) is 0 Å². The number of fused-ring (bicyclic) bond motifs is 1. The fourth-order valence-electron chi connectivity index (χ4n) is 3.69. The molecule has 0 aromatic heterocycles. The largest absolute Gasteiger partial charge is 0.416 e. The van der Waals surface area contributed by atoms with Crippen LogP contribution in [0.5, 0.6) is 0 Å². The third kappa shape index (κ3) is 4.29. The van der Waals surface area contributed by atoms with E-state index in [9.17, 15) is 30.8 Å². The minimum absolute atomic E-state index is 0.00313. The Morgan fingerprint density at radius 3 is 2.30 bits per heavy atom. The maximum atomic E-state index is 13.7. The van der Waals surface area contributed by atoms with Crippen LogP contribution in [0.3, 0.4) is 0 Å². The maximum Gasteiger partial charge on any atom is 0.416 e. The van der Waals surface area contributed by atoms with Crippen molar-refractivity contribution in [1.82, 2.24) is 0 Å². The molecule has 1 aliphatic rings. The van der Waals surface area contributed by atoms with Crippen LogP contribution in [0.4, 0.5) is 34.6 Å². The topological polar surface area (TPSA) is 83.7 Å². The lowest BCUT2D eigenvalue weighted by molar-refractivity contribution is -0.137. The Hall–Kier alpha value is -3.44. The van der Waals surface area contributed by atoms with Gasteiger partial charge >= 0.3 is 6.18 Å². The number of benzene rings is 3. The molecule has 0 radical (unpaired) electrons. The second kappa shape index (κ2) is 7.85. The van der Waals surface area contributed by atoms with Gasteiger partial charge in [-0.15, -0.1) is 0 Å². The van der Waals surface area contributed by atoms with Crippen LogP contribution >= 0.6 is 0 Å². The van der Waals surface area contributed by atoms with Gasteiger partial charge in [0.05, 0.1) is 21.7 Å². The van der Waals surface area contributed by atoms with Gasteiger partial charge < -0.3 is 4.90 Å². The lowest BCUT2D eigenvalue weighted by Gasteiger charge is -2.39. The number of halogens is 4. The third-order valence-electron chi connectivity index (χ3n) is 5.28. The predicted octanol–water partition coefficient (Wildman–Crippen LogP) is 4.56. The number of carbonyl (C=O) groups excluding carboxylic acids is 1. The average Bonchev–Trinajstić information content (AvgIpc) is 2.73. The summed E-state index contributed by atoms with van der Waals surface area (Å²) in [6.45, 7) is 1.35. The van der Waals surface area contributed by atoms with E-state index in [0.29, 0.717) is 11.3 Å². The molecule has 0 fully saturated rings. The van der Waals surface area contributed by atoms with E-state index in [0.717, 1.165) is 24.3 Å². The molecule has 0 saturated heterocycles. The highest BCUT2D eigenvalue weighted by atomic mass is 32.2. The Bertz CT molecular complexity index is 1370. The van der Waals surface area contributed by atoms with E-state index in [1.807, 2.05) is 0 Å². The summed E-state index contributed by atoms with van der Waals surface area (Å²) in [5.74, 6) is -1.15. The number of sulfonamides is 1. The van der Waals surface area contributed by atoms with Crippen LogP contribution in [0, 0.1) is 12.7 Å². The first-order valence-electron chi connectivity index (χ1n) is 9.56. The molecule has 1 amide bonds. The molecular weight excluding hydrogens is 462 g/mol. The van der Waals surface area contributed by atoms with Gasteiger partial charge in [-0.25, -0.2) is 17.9 Å². The number of aryl methyl sites for hydroxylation is 1. The zero-order chi connectivity index (χ0) is 24.1. The zero-order valence-corrected chi connectivity index (χ0v) is 17.9. The number of hydrogen-bond donors (Lipinski definition) is 1. The van der Waals surface area contributed by atoms with Gasteiger partial charge in [0, 0.05) is 11.4 Å². The quantitative estimate of drug-likeness (QED) is 0.559. The molecule has 0 spiro atoms. The van der Waals surface area contributed by atoms with Gasteiger partial charge in [-0.1, -0.05) is 6.07 Å². The second-order valence-electron chi connectivity index (χ2n) is 7.51. The summed E-state index contributed by atoms with van der Waals surface area (Å²) in [6, 6.07) is 11.9. The normalized spacial score (nSPS) is 14.4. The molecule has 4 rings (SSSR count). The second-order valence-corrected chi connectivity index (χ2v) is 9.07. The van der Waals surface area contributed by atoms with E-state index in [1.54, 1.807) is 6.92 Å². The Morgan fingerprint density at radius 1 is 0.939 bits per heavy atom. The molecular formula is C22H17F4N3O3S. The van der Waals surface area contributed by atoms with E-state index in [4.69, 9.17) is 5.14 Å². The van der Waals surface area contributed by atoms with E-state index < -0.39 is 33.5 Å². The van der Waals surface area contributed by atoms with Gasteiger partial charge in [-0.05, 0) is 67.1 Å². The number of amides is 1. The predicted molar refractivity (Wildman–Crippen MR) is 114 cm³/mol. The molecule has 0 saturated carbocycles. The molecule has 0 bridgehead atoms. The summed E-state index contributed by atoms with van der Waals surface area (Å²) < 4.78 is 77.4. The summed E-state index contributed by atoms with van der Waals surface area (Å²) in [5.41, 5.74) is 0.0377. The number of alkyl halides is 3. The molecule has 0 atom stereocenters. The van der Waals surface area contributed by atoms with Crippen LogP contribution in [0.2, 0.25) is 0 Å². The van der Waals surface area contributed by atoms with Gasteiger partial charge in [0.25, 0.3) is 5.91 Å². The maximum absolute atomic E-state index is 13.7. The van der Waals surface area contributed by atoms with Crippen molar-refractivity contribution in [3.63, 3.8) is 0 Å². The van der Waals surface area contributed by atoms with Crippen molar-refractivity contribution in [3.05, 3.63) is 83.2 Å². The molecule has 172 valence electrons. The van der Waals surface area contributed by atoms with Gasteiger partial charge in [-0.3, -0.25) is 9.69 Å². The molecule has 33 heavy (non-hydrogen) atoms. The standard InChI is InChI=1S/C22H17F4N3O3S/c1-13-9-15(23)6-8-19(13)29-12-28(16-3-2-4-17(11-16)33(27,31)32)21(30)18-7-5-14(10-20(18)29)22(24,25)26/h2-11H,12H2,1H3,(H2,27,31,32). The van der Waals surface area contributed by atoms with Crippen molar-refractivity contribution in [2.75, 3.05) is 16.5 Å². The number of anilines is 3. The molecule has 11 heteroatoms. The molecule has 0 unspecified atom stereocenters. The average molecular weight is 479 g/mol. The monoisotopic (exact) mass is 479 g/mol. The number of hydrogen-bond acceptors (Lipinski definition) is 4. The SMILES string of the molecule is Cc1cc(F)ccc1N1CN(c2cccc(S(N)(=O)=O)c2)C(=O)c2ccc(C(F)(F)F)cc21. The fourth-order valence-corrected chi connectivity index (χ4v) is 4.25. The highest BCUT2D eigenvalue weighted by Crippen LogP contribution is 2.40. The van der Waals surface area contributed by atoms with Crippen LogP contribution in [-0.4, -0.2) is 21.0 Å². The number of primary sulfonamides is 1. The summed E-state index contributed by atoms with van der Waals surface area (Å²) >= 11 is 0. The summed E-state index contributed by atoms with van der Waals surface area (Å²) in [5, 5.41) is 5.19. The highest BCUT2D eigenvalue weighted by molar-refractivity contribution is 7.89. The van der Waals surface area contributed by atoms with Gasteiger partial charge in [0.2, 0.25) is 10.0 Å². The van der Waals surface area contributed by atoms with E-state index in [-0.39, 0.29) is 28.5 Å². The Kier molecular flexibility index (Phi) is 5.41. The van der Waals surface area contributed by atoms with Crippen LogP contribution in [-0.2, 0) is 16.2 Å². The minimum atomic E-state index is -4.64. The lowest BCUT2D eigenvalue weighted by Crippen LogP contribution is -2.45. The molecule has 3 aromatic carbocycles. The first kappa shape index (κ1) is 22.7. The summed E-state index contributed by atoms with van der Waals surface area (Å²) in [4.78, 5) is 15.7. The minimum Gasteiger partial charge on any atom is -0.322 e. The molecule has 1 aliphatic heterocycles. The number of rotatable bonds is 3. The molecule has 3 aromatic rings. The van der Waals surface area contributed by atoms with E-state index in [2.05, 4.69) is 0 Å². The zero-order valence-electron chi connectivity index (χ0n) is 17.1. The number of nitrogens with zero attached hydrogens (tertiary/aromatic N) is 2. The van der Waals surface area contributed by atoms with Gasteiger partial charge in [-0.2, -0.15) is 13.2 Å². The van der Waals surface area contributed by atoms with E-state index in [1.165, 1.54) is 46.2 Å².